The fraction of sp³-hybridized carbons (Fsp3) is 0.333. The van der Waals surface area contributed by atoms with Gasteiger partial charge < -0.3 is 47.3 Å². The molecule has 80 heavy (non-hydrogen) atoms. The fourth-order valence-corrected chi connectivity index (χ4v) is 11.9. The molecular weight excluding hydrogens is 1130 g/mol. The van der Waals surface area contributed by atoms with E-state index in [1.165, 1.54) is 85.1 Å². The van der Waals surface area contributed by atoms with Crippen molar-refractivity contribution in [2.24, 2.45) is 0 Å². The molecule has 0 bridgehead atoms. The highest BCUT2D eigenvalue weighted by Crippen LogP contribution is 2.43. The number of benzene rings is 4. The van der Waals surface area contributed by atoms with Crippen molar-refractivity contribution in [3.05, 3.63) is 109 Å². The Hall–Kier alpha value is -7.78. The summed E-state index contributed by atoms with van der Waals surface area (Å²) in [6.45, 7) is -0.968. The van der Waals surface area contributed by atoms with E-state index in [1.54, 1.807) is 0 Å². The van der Waals surface area contributed by atoms with Crippen molar-refractivity contribution in [2.75, 3.05) is 72.9 Å². The van der Waals surface area contributed by atoms with Gasteiger partial charge in [0.05, 0.1) is 49.9 Å². The Balaban J connectivity index is 0.000000194. The molecule has 22 nitrogen and oxygen atoms in total. The van der Waals surface area contributed by atoms with Gasteiger partial charge in [0.1, 0.15) is 60.4 Å². The number of amides is 2. The van der Waals surface area contributed by atoms with Gasteiger partial charge in [-0.2, -0.15) is 25.4 Å². The number of aromatic nitrogens is 2. The number of carbonyl (C=O) groups is 2. The Bertz CT molecular complexity index is 3230. The molecule has 2 N–H and O–H groups in total. The highest BCUT2D eigenvalue weighted by atomic mass is 32.2. The number of fused-ring (bicyclic) bond motifs is 2. The predicted molar refractivity (Wildman–Crippen MR) is 263 cm³/mol. The van der Waals surface area contributed by atoms with Crippen molar-refractivity contribution < 1.29 is 99.0 Å². The largest absolute Gasteiger partial charge is 0.573 e. The number of halogens is 8. The van der Waals surface area contributed by atoms with E-state index in [-0.39, 0.29) is 95.8 Å². The van der Waals surface area contributed by atoms with Crippen LogP contribution in [-0.2, 0) is 39.5 Å². The zero-order valence-corrected chi connectivity index (χ0v) is 43.1. The number of hydrogen-bond acceptors (Lipinski definition) is 16. The highest BCUT2D eigenvalue weighted by molar-refractivity contribution is 7.90. The summed E-state index contributed by atoms with van der Waals surface area (Å²) in [7, 11) is -5.42. The lowest BCUT2D eigenvalue weighted by Gasteiger charge is -2.46. The van der Waals surface area contributed by atoms with E-state index < -0.39 is 106 Å². The van der Waals surface area contributed by atoms with Crippen molar-refractivity contribution in [1.29, 1.82) is 0 Å². The Morgan fingerprint density at radius 2 is 0.988 bits per heavy atom. The number of nitrogens with one attached hydrogen (secondary N) is 2. The van der Waals surface area contributed by atoms with Crippen LogP contribution in [0.5, 0.6) is 23.0 Å². The third kappa shape index (κ3) is 12.8. The van der Waals surface area contributed by atoms with E-state index in [1.807, 2.05) is 0 Å². The lowest BCUT2D eigenvalue weighted by Crippen LogP contribution is -2.62. The highest BCUT2D eigenvalue weighted by Gasteiger charge is 2.47. The molecule has 4 saturated heterocycles. The number of rotatable bonds is 14. The molecule has 0 saturated carbocycles. The number of alkyl halides is 6. The summed E-state index contributed by atoms with van der Waals surface area (Å²) in [5.41, 5.74) is 0.177. The number of hydrogen-bond donors (Lipinski definition) is 2. The molecule has 0 unspecified atom stereocenters. The van der Waals surface area contributed by atoms with Crippen LogP contribution in [0.25, 0.3) is 22.3 Å². The van der Waals surface area contributed by atoms with E-state index in [0.717, 1.165) is 45.0 Å². The molecule has 0 aliphatic carbocycles. The van der Waals surface area contributed by atoms with E-state index in [2.05, 4.69) is 38.3 Å². The van der Waals surface area contributed by atoms with E-state index in [4.69, 9.17) is 18.9 Å². The molecule has 10 rings (SSSR count). The maximum atomic E-state index is 15.4. The van der Waals surface area contributed by atoms with Gasteiger partial charge in [0.25, 0.3) is 11.8 Å². The van der Waals surface area contributed by atoms with Gasteiger partial charge in [0.15, 0.2) is 11.6 Å². The first-order chi connectivity index (χ1) is 37.9. The van der Waals surface area contributed by atoms with Crippen molar-refractivity contribution >= 4 is 55.2 Å². The van der Waals surface area contributed by atoms with E-state index in [9.17, 15) is 52.8 Å². The molecule has 0 spiro atoms. The topological polar surface area (TPSA) is 247 Å². The standard InChI is InChI=1S/2C24H22F4N4O7S/c2*1-36-20-10-16(14-3-2-4-15(9-14)39-24(26,27)28)17(25)11-19(20)32-18-5-7-31(12-21(18)37-13-23(32)33)40(34,35)30-22-6-8-38-29-22/h2*2-4,6,8-11,18,21H,5,7,12-13H2,1H3,(H,29,30)/t2*18-,21-/m10/s1. The smallest absolute Gasteiger partial charge is 0.495 e. The molecular formula is C48H44F8N8O14S2. The minimum Gasteiger partial charge on any atom is -0.495 e. The average molecular weight is 1170 g/mol. The first-order valence-corrected chi connectivity index (χ1v) is 26.5. The number of morpholine rings is 2. The second-order valence-electron chi connectivity index (χ2n) is 17.8. The number of carbonyl (C=O) groups excluding carboxylic acids is 2. The van der Waals surface area contributed by atoms with E-state index in [0.29, 0.717) is 0 Å². The zero-order valence-electron chi connectivity index (χ0n) is 41.4. The summed E-state index contributed by atoms with van der Waals surface area (Å²) < 4.78 is 204. The molecule has 428 valence electrons. The predicted octanol–water partition coefficient (Wildman–Crippen LogP) is 7.10. The summed E-state index contributed by atoms with van der Waals surface area (Å²) in [5, 5.41) is 7.07. The number of nitrogens with zero attached hydrogens (tertiary/aromatic N) is 6. The van der Waals surface area contributed by atoms with Crippen LogP contribution in [0.15, 0.2) is 107 Å². The summed E-state index contributed by atoms with van der Waals surface area (Å²) >= 11 is 0. The number of anilines is 4. The van der Waals surface area contributed by atoms with Crippen LogP contribution in [-0.4, -0.2) is 138 Å². The minimum absolute atomic E-state index is 0.000651. The Kier molecular flexibility index (Phi) is 16.2. The van der Waals surface area contributed by atoms with Crippen LogP contribution in [0.4, 0.5) is 58.1 Å². The first-order valence-electron chi connectivity index (χ1n) is 23.6. The van der Waals surface area contributed by atoms with Crippen LogP contribution in [0.1, 0.15) is 12.8 Å². The first kappa shape index (κ1) is 56.9. The molecule has 2 aromatic heterocycles. The summed E-state index contributed by atoms with van der Waals surface area (Å²) in [6, 6.07) is 15.6. The van der Waals surface area contributed by atoms with Gasteiger partial charge in [-0.3, -0.25) is 19.0 Å². The second kappa shape index (κ2) is 22.8. The lowest BCUT2D eigenvalue weighted by molar-refractivity contribution is -0.275. The summed E-state index contributed by atoms with van der Waals surface area (Å²) in [4.78, 5) is 28.6. The van der Waals surface area contributed by atoms with Gasteiger partial charge >= 0.3 is 33.1 Å². The van der Waals surface area contributed by atoms with Crippen LogP contribution < -0.4 is 38.2 Å². The van der Waals surface area contributed by atoms with Gasteiger partial charge in [0.2, 0.25) is 0 Å². The zero-order chi connectivity index (χ0) is 57.3. The van der Waals surface area contributed by atoms with Crippen molar-refractivity contribution in [3.8, 4) is 45.3 Å². The SMILES string of the molecule is COc1cc(-c2cccc(OC(F)(F)F)c2)c(F)cc1N1C(=O)CO[C@@H]2CN(S(=O)(=O)Nc3ccon3)CC[C@H]21.COc1cc(-c2cccc(OC(F)(F)F)c2)c(F)cc1N1C(=O)CO[C@H]2CN(S(=O)(=O)Nc3ccon3)CC[C@@H]21. The van der Waals surface area contributed by atoms with Crippen LogP contribution in [0.3, 0.4) is 0 Å². The second-order valence-corrected chi connectivity index (χ2v) is 21.1. The van der Waals surface area contributed by atoms with Crippen molar-refractivity contribution in [2.45, 2.75) is 49.9 Å². The molecule has 6 aromatic rings. The van der Waals surface area contributed by atoms with E-state index >= 15 is 8.78 Å². The van der Waals surface area contributed by atoms with Gasteiger partial charge in [-0.05, 0) is 60.4 Å². The van der Waals surface area contributed by atoms with Crippen molar-refractivity contribution in [1.82, 2.24) is 18.9 Å². The Morgan fingerprint density at radius 3 is 1.34 bits per heavy atom. The van der Waals surface area contributed by atoms with Crippen LogP contribution in [0.2, 0.25) is 0 Å². The molecule has 4 aromatic carbocycles. The van der Waals surface area contributed by atoms with Gasteiger partial charge in [-0.25, -0.2) is 8.78 Å². The molecule has 4 aliphatic rings. The average Bonchev–Trinajstić information content (AvgIpc) is 4.19. The van der Waals surface area contributed by atoms with Gasteiger partial charge in [-0.1, -0.05) is 34.6 Å². The number of ether oxygens (including phenoxy) is 6. The quantitative estimate of drug-likeness (QED) is 0.103. The fourth-order valence-electron chi connectivity index (χ4n) is 9.48. The van der Waals surface area contributed by atoms with Crippen LogP contribution >= 0.6 is 0 Å². The summed E-state index contributed by atoms with van der Waals surface area (Å²) in [6.07, 6.45) is -8.61. The molecule has 0 radical (unpaired) electrons. The number of piperidine rings is 2. The molecule has 32 heteroatoms. The normalized spacial score (nSPS) is 20.2. The van der Waals surface area contributed by atoms with Crippen LogP contribution in [0, 0.1) is 11.6 Å². The van der Waals surface area contributed by atoms with Gasteiger partial charge in [-0.15, -0.1) is 26.3 Å². The maximum Gasteiger partial charge on any atom is 0.573 e. The monoisotopic (exact) mass is 1170 g/mol. The minimum atomic E-state index is -4.92. The lowest BCUT2D eigenvalue weighted by atomic mass is 9.97. The molecule has 4 aliphatic heterocycles. The Morgan fingerprint density at radius 1 is 0.588 bits per heavy atom. The maximum absolute atomic E-state index is 15.4. The molecule has 4 atom stereocenters. The molecule has 4 fully saturated rings. The third-order valence-electron chi connectivity index (χ3n) is 12.9. The summed E-state index contributed by atoms with van der Waals surface area (Å²) in [5.74, 6) is -3.55. The van der Waals surface area contributed by atoms with Crippen molar-refractivity contribution in [3.63, 3.8) is 0 Å². The van der Waals surface area contributed by atoms with Gasteiger partial charge in [0, 0.05) is 61.6 Å². The Labute approximate surface area is 448 Å². The molecule has 6 heterocycles. The number of methoxy groups -OCH3 is 2. The molecule has 2 amide bonds. The third-order valence-corrected chi connectivity index (χ3v) is 15.8.